The van der Waals surface area contributed by atoms with Crippen LogP contribution in [0.2, 0.25) is 0 Å². The Balaban J connectivity index is 0.00000364. The Bertz CT molecular complexity index is 594. The number of carbonyl (C=O) groups is 1. The maximum atomic E-state index is 11.9. The molecule has 2 rings (SSSR count). The number of aromatic nitrogens is 2. The van der Waals surface area contributed by atoms with E-state index in [1.54, 1.807) is 0 Å². The van der Waals surface area contributed by atoms with Crippen LogP contribution in [0.3, 0.4) is 0 Å². The number of nitrogens with one attached hydrogen (secondary N) is 2. The predicted molar refractivity (Wildman–Crippen MR) is 120 cm³/mol. The molecule has 1 aromatic heterocycles. The van der Waals surface area contributed by atoms with Crippen LogP contribution >= 0.6 is 24.0 Å². The van der Waals surface area contributed by atoms with Crippen molar-refractivity contribution in [2.45, 2.75) is 40.3 Å². The number of halogens is 1. The molecule has 2 N–H and O–H groups in total. The van der Waals surface area contributed by atoms with Gasteiger partial charge >= 0.3 is 0 Å². The molecule has 0 aliphatic carbocycles. The van der Waals surface area contributed by atoms with Crippen LogP contribution in [-0.2, 0) is 11.3 Å². The van der Waals surface area contributed by atoms with Gasteiger partial charge in [-0.1, -0.05) is 0 Å². The minimum atomic E-state index is 0. The van der Waals surface area contributed by atoms with E-state index in [2.05, 4.69) is 32.5 Å². The van der Waals surface area contributed by atoms with Crippen LogP contribution in [0.1, 0.15) is 26.3 Å². The quantitative estimate of drug-likeness (QED) is 0.337. The second kappa shape index (κ2) is 12.2. The summed E-state index contributed by atoms with van der Waals surface area (Å²) < 4.78 is 1.92. The first kappa shape index (κ1) is 23.7. The molecular formula is C18H34IN7O. The Labute approximate surface area is 179 Å². The third-order valence-corrected chi connectivity index (χ3v) is 4.18. The van der Waals surface area contributed by atoms with Gasteiger partial charge in [0.1, 0.15) is 0 Å². The first-order valence-corrected chi connectivity index (χ1v) is 9.52. The lowest BCUT2D eigenvalue weighted by Gasteiger charge is -2.36. The van der Waals surface area contributed by atoms with Gasteiger partial charge < -0.3 is 15.5 Å². The summed E-state index contributed by atoms with van der Waals surface area (Å²) in [4.78, 5) is 21.1. The molecule has 154 valence electrons. The SMILES string of the molecule is CCNC(=NCCn1cc(C)cn1)N1CCN(CC(=O)NC(C)C)CC1.I. The van der Waals surface area contributed by atoms with E-state index in [1.807, 2.05) is 37.8 Å². The predicted octanol–water partition coefficient (Wildman–Crippen LogP) is 0.917. The van der Waals surface area contributed by atoms with Crippen molar-refractivity contribution in [1.82, 2.24) is 30.2 Å². The fourth-order valence-corrected chi connectivity index (χ4v) is 2.96. The maximum Gasteiger partial charge on any atom is 0.234 e. The summed E-state index contributed by atoms with van der Waals surface area (Å²) >= 11 is 0. The number of rotatable bonds is 7. The van der Waals surface area contributed by atoms with Crippen LogP contribution in [0.15, 0.2) is 17.4 Å². The van der Waals surface area contributed by atoms with Crippen LogP contribution in [0.5, 0.6) is 0 Å². The highest BCUT2D eigenvalue weighted by atomic mass is 127. The molecule has 8 nitrogen and oxygen atoms in total. The number of hydrogen-bond donors (Lipinski definition) is 2. The monoisotopic (exact) mass is 491 g/mol. The van der Waals surface area contributed by atoms with Crippen LogP contribution in [0, 0.1) is 6.92 Å². The molecule has 1 amide bonds. The lowest BCUT2D eigenvalue weighted by Crippen LogP contribution is -2.54. The molecule has 9 heteroatoms. The molecule has 27 heavy (non-hydrogen) atoms. The zero-order valence-corrected chi connectivity index (χ0v) is 19.3. The fraction of sp³-hybridized carbons (Fsp3) is 0.722. The standard InChI is InChI=1S/C18H33N7O.HI/c1-5-19-18(20-6-7-25-13-16(4)12-21-25)24-10-8-23(9-11-24)14-17(26)22-15(2)3;/h12-13,15H,5-11,14H2,1-4H3,(H,19,20)(H,22,26);1H. The van der Waals surface area contributed by atoms with Gasteiger partial charge in [-0.05, 0) is 33.3 Å². The van der Waals surface area contributed by atoms with Crippen molar-refractivity contribution in [2.24, 2.45) is 4.99 Å². The lowest BCUT2D eigenvalue weighted by molar-refractivity contribution is -0.123. The van der Waals surface area contributed by atoms with Gasteiger partial charge in [0.25, 0.3) is 0 Å². The summed E-state index contributed by atoms with van der Waals surface area (Å²) in [6.07, 6.45) is 3.90. The number of piperazine rings is 1. The zero-order chi connectivity index (χ0) is 18.9. The molecule has 0 spiro atoms. The summed E-state index contributed by atoms with van der Waals surface area (Å²) in [6.45, 7) is 14.4. The van der Waals surface area contributed by atoms with Crippen LogP contribution < -0.4 is 10.6 Å². The van der Waals surface area contributed by atoms with Gasteiger partial charge in [0.05, 0.1) is 25.8 Å². The van der Waals surface area contributed by atoms with Gasteiger partial charge in [-0.15, -0.1) is 24.0 Å². The van der Waals surface area contributed by atoms with Gasteiger partial charge in [-0.2, -0.15) is 5.10 Å². The molecule has 0 radical (unpaired) electrons. The molecule has 2 heterocycles. The Morgan fingerprint density at radius 2 is 2.00 bits per heavy atom. The third kappa shape index (κ3) is 8.46. The second-order valence-electron chi connectivity index (χ2n) is 7.00. The average Bonchev–Trinajstić information content (AvgIpc) is 2.99. The van der Waals surface area contributed by atoms with Crippen LogP contribution in [0.25, 0.3) is 0 Å². The van der Waals surface area contributed by atoms with Gasteiger partial charge in [-0.25, -0.2) is 0 Å². The largest absolute Gasteiger partial charge is 0.357 e. The maximum absolute atomic E-state index is 11.9. The molecule has 1 saturated heterocycles. The Hall–Kier alpha value is -1.36. The van der Waals surface area contributed by atoms with Crippen molar-refractivity contribution in [3.63, 3.8) is 0 Å². The molecule has 1 fully saturated rings. The van der Waals surface area contributed by atoms with E-state index in [0.717, 1.165) is 45.2 Å². The van der Waals surface area contributed by atoms with Crippen molar-refractivity contribution in [3.05, 3.63) is 18.0 Å². The average molecular weight is 491 g/mol. The molecular weight excluding hydrogens is 457 g/mol. The van der Waals surface area contributed by atoms with E-state index >= 15 is 0 Å². The van der Waals surface area contributed by atoms with Crippen LogP contribution in [0.4, 0.5) is 0 Å². The summed E-state index contributed by atoms with van der Waals surface area (Å²) in [5, 5.41) is 10.6. The van der Waals surface area contributed by atoms with Crippen molar-refractivity contribution >= 4 is 35.8 Å². The second-order valence-corrected chi connectivity index (χ2v) is 7.00. The zero-order valence-electron chi connectivity index (χ0n) is 16.9. The van der Waals surface area contributed by atoms with E-state index in [9.17, 15) is 4.79 Å². The molecule has 0 aromatic carbocycles. The van der Waals surface area contributed by atoms with Crippen molar-refractivity contribution < 1.29 is 4.79 Å². The molecule has 0 atom stereocenters. The number of amides is 1. The minimum Gasteiger partial charge on any atom is -0.357 e. The summed E-state index contributed by atoms with van der Waals surface area (Å²) in [6, 6.07) is 0.190. The van der Waals surface area contributed by atoms with Crippen molar-refractivity contribution in [1.29, 1.82) is 0 Å². The molecule has 0 unspecified atom stereocenters. The Morgan fingerprint density at radius 3 is 2.56 bits per heavy atom. The Kier molecular flexibility index (Phi) is 10.7. The highest BCUT2D eigenvalue weighted by Gasteiger charge is 2.21. The summed E-state index contributed by atoms with van der Waals surface area (Å²) in [5.74, 6) is 1.05. The normalized spacial score (nSPS) is 15.6. The molecule has 0 bridgehead atoms. The topological polar surface area (TPSA) is 77.8 Å². The third-order valence-electron chi connectivity index (χ3n) is 4.18. The molecule has 1 aliphatic heterocycles. The van der Waals surface area contributed by atoms with E-state index in [4.69, 9.17) is 4.99 Å². The lowest BCUT2D eigenvalue weighted by atomic mass is 10.3. The van der Waals surface area contributed by atoms with Gasteiger partial charge in [-0.3, -0.25) is 19.4 Å². The number of hydrogen-bond acceptors (Lipinski definition) is 4. The molecule has 1 aromatic rings. The number of nitrogens with zero attached hydrogens (tertiary/aromatic N) is 5. The number of aryl methyl sites for hydroxylation is 1. The van der Waals surface area contributed by atoms with Crippen LogP contribution in [-0.4, -0.2) is 83.3 Å². The van der Waals surface area contributed by atoms with Gasteiger partial charge in [0.2, 0.25) is 5.91 Å². The summed E-state index contributed by atoms with van der Waals surface area (Å²) in [5.41, 5.74) is 1.17. The first-order chi connectivity index (χ1) is 12.5. The molecule has 1 aliphatic rings. The number of aliphatic imine (C=N–C) groups is 1. The smallest absolute Gasteiger partial charge is 0.234 e. The highest BCUT2D eigenvalue weighted by molar-refractivity contribution is 14.0. The Morgan fingerprint density at radius 1 is 1.30 bits per heavy atom. The van der Waals surface area contributed by atoms with Crippen molar-refractivity contribution in [2.75, 3.05) is 45.8 Å². The van der Waals surface area contributed by atoms with E-state index in [1.165, 1.54) is 5.56 Å². The highest BCUT2D eigenvalue weighted by Crippen LogP contribution is 2.03. The van der Waals surface area contributed by atoms with E-state index < -0.39 is 0 Å². The minimum absolute atomic E-state index is 0. The van der Waals surface area contributed by atoms with Gasteiger partial charge in [0.15, 0.2) is 5.96 Å². The van der Waals surface area contributed by atoms with E-state index in [-0.39, 0.29) is 35.9 Å². The van der Waals surface area contributed by atoms with Gasteiger partial charge in [0, 0.05) is 45.0 Å². The number of guanidine groups is 1. The van der Waals surface area contributed by atoms with E-state index in [0.29, 0.717) is 13.1 Å². The molecule has 0 saturated carbocycles. The fourth-order valence-electron chi connectivity index (χ4n) is 2.96. The van der Waals surface area contributed by atoms with Crippen molar-refractivity contribution in [3.8, 4) is 0 Å². The number of carbonyl (C=O) groups excluding carboxylic acids is 1. The summed E-state index contributed by atoms with van der Waals surface area (Å²) in [7, 11) is 0. The first-order valence-electron chi connectivity index (χ1n) is 9.52.